The van der Waals surface area contributed by atoms with Crippen LogP contribution in [0.2, 0.25) is 0 Å². The molecule has 2 aromatic rings. The number of rotatable bonds is 4. The van der Waals surface area contributed by atoms with Crippen molar-refractivity contribution in [1.82, 2.24) is 4.90 Å². The van der Waals surface area contributed by atoms with Crippen LogP contribution in [0.3, 0.4) is 0 Å². The lowest BCUT2D eigenvalue weighted by Gasteiger charge is -2.42. The molecule has 0 radical (unpaired) electrons. The minimum atomic E-state index is -0.0967. The Hall–Kier alpha value is -2.64. The van der Waals surface area contributed by atoms with Crippen molar-refractivity contribution in [3.8, 4) is 28.7 Å². The molecule has 29 heavy (non-hydrogen) atoms. The van der Waals surface area contributed by atoms with Gasteiger partial charge in [0.15, 0.2) is 23.0 Å². The molecule has 0 fully saturated rings. The molecule has 3 aliphatic heterocycles. The fraction of sp³-hybridized carbons (Fsp3) is 0.455. The third kappa shape index (κ3) is 2.64. The van der Waals surface area contributed by atoms with E-state index in [1.54, 1.807) is 21.3 Å². The summed E-state index contributed by atoms with van der Waals surface area (Å²) in [5, 5.41) is 10.1. The van der Waals surface area contributed by atoms with Crippen molar-refractivity contribution in [1.29, 1.82) is 0 Å². The molecule has 5 rings (SSSR count). The van der Waals surface area contributed by atoms with Crippen molar-refractivity contribution in [2.45, 2.75) is 32.0 Å². The molecule has 0 aromatic heterocycles. The van der Waals surface area contributed by atoms with E-state index in [1.165, 1.54) is 11.1 Å². The zero-order valence-electron chi connectivity index (χ0n) is 16.9. The first-order chi connectivity index (χ1) is 14.2. The highest BCUT2D eigenvalue weighted by atomic mass is 16.7. The molecule has 0 saturated carbocycles. The number of ether oxygens (including phenoxy) is 5. The van der Waals surface area contributed by atoms with Gasteiger partial charge in [-0.3, -0.25) is 4.90 Å². The van der Waals surface area contributed by atoms with Gasteiger partial charge in [-0.05, 0) is 41.7 Å². The first-order valence-corrected chi connectivity index (χ1v) is 9.80. The predicted octanol–water partition coefficient (Wildman–Crippen LogP) is 2.59. The molecule has 3 aliphatic rings. The van der Waals surface area contributed by atoms with Crippen LogP contribution in [0.15, 0.2) is 12.1 Å². The van der Waals surface area contributed by atoms with Crippen LogP contribution in [0.1, 0.15) is 33.9 Å². The van der Waals surface area contributed by atoms with Crippen LogP contribution >= 0.6 is 0 Å². The normalized spacial score (nSPS) is 19.2. The van der Waals surface area contributed by atoms with Gasteiger partial charge in [0, 0.05) is 30.3 Å². The second-order valence-corrected chi connectivity index (χ2v) is 7.54. The molecule has 7 heteroatoms. The zero-order valence-corrected chi connectivity index (χ0v) is 16.9. The number of hydrogen-bond donors (Lipinski definition) is 1. The fourth-order valence-corrected chi connectivity index (χ4v) is 5.02. The van der Waals surface area contributed by atoms with Crippen LogP contribution in [0.25, 0.3) is 0 Å². The molecule has 7 nitrogen and oxygen atoms in total. The van der Waals surface area contributed by atoms with Crippen molar-refractivity contribution in [2.24, 2.45) is 0 Å². The minimum Gasteiger partial charge on any atom is -0.493 e. The molecule has 1 N–H and O–H groups in total. The fourth-order valence-electron chi connectivity index (χ4n) is 5.02. The highest BCUT2D eigenvalue weighted by molar-refractivity contribution is 5.63. The van der Waals surface area contributed by atoms with E-state index in [-0.39, 0.29) is 19.4 Å². The van der Waals surface area contributed by atoms with Gasteiger partial charge in [-0.15, -0.1) is 0 Å². The third-order valence-electron chi connectivity index (χ3n) is 6.30. The number of fused-ring (bicyclic) bond motifs is 5. The summed E-state index contributed by atoms with van der Waals surface area (Å²) >= 11 is 0. The molecule has 0 saturated heterocycles. The van der Waals surface area contributed by atoms with Gasteiger partial charge in [0.2, 0.25) is 12.5 Å². The third-order valence-corrected chi connectivity index (χ3v) is 6.30. The van der Waals surface area contributed by atoms with Crippen LogP contribution in [0, 0.1) is 0 Å². The first kappa shape index (κ1) is 18.4. The quantitative estimate of drug-likeness (QED) is 0.847. The van der Waals surface area contributed by atoms with Gasteiger partial charge >= 0.3 is 0 Å². The molecular formula is C22H25NO6. The number of benzene rings is 2. The molecule has 154 valence electrons. The average molecular weight is 399 g/mol. The van der Waals surface area contributed by atoms with Gasteiger partial charge < -0.3 is 28.8 Å². The summed E-state index contributed by atoms with van der Waals surface area (Å²) < 4.78 is 28.2. The zero-order chi connectivity index (χ0) is 20.1. The second kappa shape index (κ2) is 7.00. The van der Waals surface area contributed by atoms with E-state index in [2.05, 4.69) is 11.0 Å². The van der Waals surface area contributed by atoms with Gasteiger partial charge in [0.25, 0.3) is 0 Å². The molecule has 3 heterocycles. The molecule has 0 spiro atoms. The summed E-state index contributed by atoms with van der Waals surface area (Å²) in [6.07, 6.45) is 1.68. The Morgan fingerprint density at radius 3 is 2.62 bits per heavy atom. The average Bonchev–Trinajstić information content (AvgIpc) is 3.22. The van der Waals surface area contributed by atoms with E-state index in [0.29, 0.717) is 17.2 Å². The Balaban J connectivity index is 1.65. The maximum Gasteiger partial charge on any atom is 0.231 e. The summed E-state index contributed by atoms with van der Waals surface area (Å²) in [5.74, 6) is 3.48. The van der Waals surface area contributed by atoms with Gasteiger partial charge in [0.05, 0.1) is 27.9 Å². The lowest BCUT2D eigenvalue weighted by atomic mass is 9.81. The summed E-state index contributed by atoms with van der Waals surface area (Å²) in [4.78, 5) is 2.46. The lowest BCUT2D eigenvalue weighted by Crippen LogP contribution is -2.40. The molecule has 0 bridgehead atoms. The van der Waals surface area contributed by atoms with E-state index in [0.717, 1.165) is 54.1 Å². The maximum atomic E-state index is 10.1. The summed E-state index contributed by atoms with van der Waals surface area (Å²) in [7, 11) is 4.92. The van der Waals surface area contributed by atoms with Crippen LogP contribution in [0.5, 0.6) is 28.7 Å². The standard InChI is InChI=1S/C22H25NO6/c1-25-17-7-13-9-23-5-4-12-6-18-21(29-11-28-18)22(27-3)19(12)16(23)8-14(13)15(10-24)20(17)26-2/h6-7,16,24H,4-5,8-11H2,1-3H3. The molecule has 0 aliphatic carbocycles. The van der Waals surface area contributed by atoms with Gasteiger partial charge in [-0.1, -0.05) is 0 Å². The summed E-state index contributed by atoms with van der Waals surface area (Å²) in [6.45, 7) is 1.85. The van der Waals surface area contributed by atoms with Crippen LogP contribution in [-0.4, -0.2) is 44.7 Å². The van der Waals surface area contributed by atoms with Crippen molar-refractivity contribution in [3.05, 3.63) is 39.9 Å². The molecular weight excluding hydrogens is 374 g/mol. The highest BCUT2D eigenvalue weighted by Crippen LogP contribution is 2.52. The largest absolute Gasteiger partial charge is 0.493 e. The van der Waals surface area contributed by atoms with Crippen molar-refractivity contribution >= 4 is 0 Å². The maximum absolute atomic E-state index is 10.1. The van der Waals surface area contributed by atoms with Crippen molar-refractivity contribution in [2.75, 3.05) is 34.7 Å². The predicted molar refractivity (Wildman–Crippen MR) is 105 cm³/mol. The van der Waals surface area contributed by atoms with E-state index in [1.807, 2.05) is 6.07 Å². The van der Waals surface area contributed by atoms with Crippen LogP contribution in [0.4, 0.5) is 0 Å². The Labute approximate surface area is 169 Å². The smallest absolute Gasteiger partial charge is 0.231 e. The topological polar surface area (TPSA) is 69.6 Å². The number of hydrogen-bond acceptors (Lipinski definition) is 7. The SMILES string of the molecule is COc1cc2c(c(CO)c1OC)CC1c3c(cc4c(c3OC)OCO4)CCN1C2. The monoisotopic (exact) mass is 399 g/mol. The molecule has 0 amide bonds. The number of aliphatic hydroxyl groups is 1. The van der Waals surface area contributed by atoms with Crippen LogP contribution in [-0.2, 0) is 26.0 Å². The van der Waals surface area contributed by atoms with Crippen molar-refractivity contribution in [3.63, 3.8) is 0 Å². The lowest BCUT2D eigenvalue weighted by molar-refractivity contribution is 0.153. The van der Waals surface area contributed by atoms with E-state index in [4.69, 9.17) is 23.7 Å². The Kier molecular flexibility index (Phi) is 4.44. The minimum absolute atomic E-state index is 0.0967. The number of methoxy groups -OCH3 is 3. The van der Waals surface area contributed by atoms with E-state index < -0.39 is 0 Å². The summed E-state index contributed by atoms with van der Waals surface area (Å²) in [6, 6.07) is 4.27. The second-order valence-electron chi connectivity index (χ2n) is 7.54. The highest BCUT2D eigenvalue weighted by Gasteiger charge is 2.39. The van der Waals surface area contributed by atoms with Crippen LogP contribution < -0.4 is 23.7 Å². The summed E-state index contributed by atoms with van der Waals surface area (Å²) in [5.41, 5.74) is 5.49. The molecule has 1 unspecified atom stereocenters. The Morgan fingerprint density at radius 2 is 1.90 bits per heavy atom. The Morgan fingerprint density at radius 1 is 1.07 bits per heavy atom. The molecule has 2 aromatic carbocycles. The van der Waals surface area contributed by atoms with Crippen molar-refractivity contribution < 1.29 is 28.8 Å². The van der Waals surface area contributed by atoms with Gasteiger partial charge in [-0.2, -0.15) is 0 Å². The Bertz CT molecular complexity index is 973. The molecule has 1 atom stereocenters. The van der Waals surface area contributed by atoms with E-state index in [9.17, 15) is 5.11 Å². The first-order valence-electron chi connectivity index (χ1n) is 9.80. The van der Waals surface area contributed by atoms with Gasteiger partial charge in [0.1, 0.15) is 0 Å². The van der Waals surface area contributed by atoms with Gasteiger partial charge in [-0.25, -0.2) is 0 Å². The van der Waals surface area contributed by atoms with E-state index >= 15 is 0 Å². The number of aliphatic hydroxyl groups excluding tert-OH is 1. The number of nitrogens with zero attached hydrogens (tertiary/aromatic N) is 1.